The number of cyclic esters (lactones) is 1. The first-order chi connectivity index (χ1) is 15.0. The molecule has 0 unspecified atom stereocenters. The fourth-order valence-electron chi connectivity index (χ4n) is 4.26. The maximum atomic E-state index is 12.9. The SMILES string of the molecule is O=C(C[C@H]1CC=CCCC(=O)O[C@@H](c2ccccc2)CNC1=O)NC1(CO)CCCC1. The lowest BCUT2D eigenvalue weighted by molar-refractivity contribution is -0.150. The summed E-state index contributed by atoms with van der Waals surface area (Å²) in [6.07, 6.45) is 7.85. The highest BCUT2D eigenvalue weighted by molar-refractivity contribution is 5.86. The number of hydrogen-bond donors (Lipinski definition) is 3. The molecule has 3 rings (SSSR count). The third-order valence-electron chi connectivity index (χ3n) is 6.08. The smallest absolute Gasteiger partial charge is 0.306 e. The molecule has 3 N–H and O–H groups in total. The Bertz CT molecular complexity index is 786. The minimum absolute atomic E-state index is 0.0493. The number of carbonyl (C=O) groups excluding carboxylic acids is 3. The lowest BCUT2D eigenvalue weighted by atomic mass is 9.95. The number of amides is 2. The van der Waals surface area contributed by atoms with Gasteiger partial charge in [0.2, 0.25) is 11.8 Å². The summed E-state index contributed by atoms with van der Waals surface area (Å²) >= 11 is 0. The van der Waals surface area contributed by atoms with Crippen molar-refractivity contribution in [1.82, 2.24) is 10.6 Å². The minimum Gasteiger partial charge on any atom is -0.456 e. The van der Waals surface area contributed by atoms with E-state index in [-0.39, 0.29) is 43.8 Å². The van der Waals surface area contributed by atoms with Crippen LogP contribution in [0, 0.1) is 5.92 Å². The van der Waals surface area contributed by atoms with Crippen LogP contribution in [0.5, 0.6) is 0 Å². The first-order valence-corrected chi connectivity index (χ1v) is 11.1. The Balaban J connectivity index is 1.67. The van der Waals surface area contributed by atoms with Crippen molar-refractivity contribution in [3.63, 3.8) is 0 Å². The molecular weight excluding hydrogens is 396 g/mol. The molecule has 1 aliphatic carbocycles. The van der Waals surface area contributed by atoms with Gasteiger partial charge in [0.25, 0.3) is 0 Å². The quantitative estimate of drug-likeness (QED) is 0.494. The van der Waals surface area contributed by atoms with Crippen molar-refractivity contribution < 1.29 is 24.2 Å². The summed E-state index contributed by atoms with van der Waals surface area (Å²) in [5, 5.41) is 15.6. The Morgan fingerprint density at radius 2 is 1.90 bits per heavy atom. The third kappa shape index (κ3) is 6.66. The molecule has 1 aromatic carbocycles. The Morgan fingerprint density at radius 1 is 1.16 bits per heavy atom. The summed E-state index contributed by atoms with van der Waals surface area (Å²) < 4.78 is 5.60. The van der Waals surface area contributed by atoms with Crippen molar-refractivity contribution >= 4 is 17.8 Å². The molecule has 1 heterocycles. The van der Waals surface area contributed by atoms with Crippen LogP contribution in [0.15, 0.2) is 42.5 Å². The zero-order chi connectivity index (χ0) is 22.1. The van der Waals surface area contributed by atoms with Crippen molar-refractivity contribution in [3.8, 4) is 0 Å². The number of hydrogen-bond acceptors (Lipinski definition) is 5. The van der Waals surface area contributed by atoms with Gasteiger partial charge < -0.3 is 20.5 Å². The molecule has 168 valence electrons. The normalized spacial score (nSPS) is 24.4. The maximum Gasteiger partial charge on any atom is 0.306 e. The molecule has 1 fully saturated rings. The molecule has 7 nitrogen and oxygen atoms in total. The Labute approximate surface area is 183 Å². The van der Waals surface area contributed by atoms with Crippen LogP contribution >= 0.6 is 0 Å². The molecular formula is C24H32N2O5. The number of aliphatic hydroxyl groups excluding tert-OH is 1. The van der Waals surface area contributed by atoms with Gasteiger partial charge in [-0.25, -0.2) is 0 Å². The molecule has 1 saturated carbocycles. The van der Waals surface area contributed by atoms with Crippen LogP contribution in [-0.4, -0.2) is 41.6 Å². The summed E-state index contributed by atoms with van der Waals surface area (Å²) in [5.74, 6) is -1.31. The number of ether oxygens (including phenoxy) is 1. The Kier molecular flexibility index (Phi) is 8.23. The van der Waals surface area contributed by atoms with Crippen molar-refractivity contribution in [1.29, 1.82) is 0 Å². The van der Waals surface area contributed by atoms with Crippen LogP contribution in [0.2, 0.25) is 0 Å². The van der Waals surface area contributed by atoms with Gasteiger partial charge in [-0.15, -0.1) is 0 Å². The topological polar surface area (TPSA) is 105 Å². The monoisotopic (exact) mass is 428 g/mol. The molecule has 0 bridgehead atoms. The Hall–Kier alpha value is -2.67. The minimum atomic E-state index is -0.577. The van der Waals surface area contributed by atoms with Gasteiger partial charge in [0.1, 0.15) is 6.10 Å². The molecule has 1 aromatic rings. The summed E-state index contributed by atoms with van der Waals surface area (Å²) in [6, 6.07) is 9.31. The van der Waals surface area contributed by atoms with Gasteiger partial charge in [-0.3, -0.25) is 14.4 Å². The molecule has 31 heavy (non-hydrogen) atoms. The highest BCUT2D eigenvalue weighted by atomic mass is 16.5. The molecule has 2 amide bonds. The largest absolute Gasteiger partial charge is 0.456 e. The van der Waals surface area contributed by atoms with Crippen LogP contribution in [0.4, 0.5) is 0 Å². The second kappa shape index (κ2) is 11.1. The van der Waals surface area contributed by atoms with Crippen molar-refractivity contribution in [3.05, 3.63) is 48.0 Å². The molecule has 2 aliphatic rings. The number of allylic oxidation sites excluding steroid dienone is 2. The van der Waals surface area contributed by atoms with E-state index in [9.17, 15) is 19.5 Å². The van der Waals surface area contributed by atoms with Gasteiger partial charge in [0, 0.05) is 12.8 Å². The van der Waals surface area contributed by atoms with E-state index in [0.29, 0.717) is 12.8 Å². The van der Waals surface area contributed by atoms with E-state index < -0.39 is 17.6 Å². The van der Waals surface area contributed by atoms with E-state index >= 15 is 0 Å². The van der Waals surface area contributed by atoms with Gasteiger partial charge in [0.15, 0.2) is 0 Å². The Morgan fingerprint density at radius 3 is 2.61 bits per heavy atom. The van der Waals surface area contributed by atoms with E-state index in [1.54, 1.807) is 0 Å². The summed E-state index contributed by atoms with van der Waals surface area (Å²) in [6.45, 7) is 0.0661. The van der Waals surface area contributed by atoms with Gasteiger partial charge in [-0.2, -0.15) is 0 Å². The summed E-state index contributed by atoms with van der Waals surface area (Å²) in [7, 11) is 0. The van der Waals surface area contributed by atoms with Crippen LogP contribution in [0.25, 0.3) is 0 Å². The standard InChI is InChI=1S/C24H32N2O5/c27-17-24(13-7-8-14-24)26-21(28)15-19-11-5-2-6-12-22(29)31-20(16-25-23(19)30)18-9-3-1-4-10-18/h1-5,9-10,19-20,27H,6-8,11-17H2,(H,25,30)(H,26,28)/t19-,20-/m1/s1. The molecule has 7 heteroatoms. The number of carbonyl (C=O) groups is 3. The fourth-order valence-corrected chi connectivity index (χ4v) is 4.26. The molecule has 0 aromatic heterocycles. The van der Waals surface area contributed by atoms with Crippen LogP contribution in [0.1, 0.15) is 63.0 Å². The number of nitrogens with one attached hydrogen (secondary N) is 2. The van der Waals surface area contributed by atoms with Crippen LogP contribution in [-0.2, 0) is 19.1 Å². The maximum absolute atomic E-state index is 12.9. The average Bonchev–Trinajstić information content (AvgIpc) is 3.24. The van der Waals surface area contributed by atoms with E-state index in [4.69, 9.17) is 4.74 Å². The summed E-state index contributed by atoms with van der Waals surface area (Å²) in [4.78, 5) is 37.7. The predicted octanol–water partition coefficient (Wildman–Crippen LogP) is 2.55. The van der Waals surface area contributed by atoms with E-state index in [0.717, 1.165) is 31.2 Å². The number of aliphatic hydroxyl groups is 1. The number of benzene rings is 1. The van der Waals surface area contributed by atoms with Crippen LogP contribution in [0.3, 0.4) is 0 Å². The van der Waals surface area contributed by atoms with Crippen molar-refractivity contribution in [2.24, 2.45) is 5.92 Å². The van der Waals surface area contributed by atoms with Gasteiger partial charge in [-0.1, -0.05) is 55.3 Å². The van der Waals surface area contributed by atoms with E-state index in [1.807, 2.05) is 42.5 Å². The van der Waals surface area contributed by atoms with Gasteiger partial charge >= 0.3 is 5.97 Å². The highest BCUT2D eigenvalue weighted by Gasteiger charge is 2.35. The molecule has 0 radical (unpaired) electrons. The van der Waals surface area contributed by atoms with Crippen LogP contribution < -0.4 is 10.6 Å². The second-order valence-electron chi connectivity index (χ2n) is 8.47. The van der Waals surface area contributed by atoms with Gasteiger partial charge in [-0.05, 0) is 31.2 Å². The zero-order valence-corrected chi connectivity index (χ0v) is 17.8. The predicted molar refractivity (Wildman–Crippen MR) is 116 cm³/mol. The van der Waals surface area contributed by atoms with Gasteiger partial charge in [0.05, 0.1) is 24.6 Å². The summed E-state index contributed by atoms with van der Waals surface area (Å²) in [5.41, 5.74) is 0.255. The fraction of sp³-hybridized carbons (Fsp3) is 0.542. The molecule has 2 atom stereocenters. The lowest BCUT2D eigenvalue weighted by Gasteiger charge is -2.29. The van der Waals surface area contributed by atoms with E-state index in [1.165, 1.54) is 0 Å². The molecule has 0 saturated heterocycles. The first kappa shape index (κ1) is 23.0. The van der Waals surface area contributed by atoms with Crippen molar-refractivity contribution in [2.45, 2.75) is 63.0 Å². The van der Waals surface area contributed by atoms with E-state index in [2.05, 4.69) is 10.6 Å². The molecule has 0 spiro atoms. The lowest BCUT2D eigenvalue weighted by Crippen LogP contribution is -2.50. The third-order valence-corrected chi connectivity index (χ3v) is 6.08. The van der Waals surface area contributed by atoms with Crippen molar-refractivity contribution in [2.75, 3.05) is 13.2 Å². The average molecular weight is 429 g/mol. The second-order valence-corrected chi connectivity index (χ2v) is 8.47. The number of rotatable bonds is 5. The first-order valence-electron chi connectivity index (χ1n) is 11.1. The molecule has 1 aliphatic heterocycles. The zero-order valence-electron chi connectivity index (χ0n) is 17.8. The highest BCUT2D eigenvalue weighted by Crippen LogP contribution is 2.29. The number of esters is 1.